The molecule has 0 saturated carbocycles. The van der Waals surface area contributed by atoms with Crippen LogP contribution in [-0.4, -0.2) is 34.8 Å². The Kier molecular flexibility index (Phi) is 11.7. The Hall–Kier alpha value is -3.36. The van der Waals surface area contributed by atoms with E-state index < -0.39 is 17.0 Å². The first kappa shape index (κ1) is 32.6. The molecule has 0 radical (unpaired) electrons. The van der Waals surface area contributed by atoms with E-state index >= 15 is 0 Å². The fourth-order valence-electron chi connectivity index (χ4n) is 6.25. The van der Waals surface area contributed by atoms with Gasteiger partial charge in [0, 0.05) is 17.4 Å². The number of benzene rings is 3. The Labute approximate surface area is 258 Å². The molecule has 1 heterocycles. The Morgan fingerprint density at radius 1 is 1.00 bits per heavy atom. The molecule has 43 heavy (non-hydrogen) atoms. The highest BCUT2D eigenvalue weighted by Gasteiger charge is 2.23. The van der Waals surface area contributed by atoms with Gasteiger partial charge in [-0.05, 0) is 102 Å². The largest absolute Gasteiger partial charge is 0.768 e. The van der Waals surface area contributed by atoms with Crippen LogP contribution in [0.5, 0.6) is 0 Å². The van der Waals surface area contributed by atoms with Crippen LogP contribution < -0.4 is 0 Å². The molecular formula is C35H44N3O4S-. The number of aromatic nitrogens is 3. The van der Waals surface area contributed by atoms with Gasteiger partial charge in [-0.25, -0.2) is 4.68 Å². The van der Waals surface area contributed by atoms with Gasteiger partial charge in [-0.1, -0.05) is 87.2 Å². The number of hydrogen-bond acceptors (Lipinski definition) is 5. The van der Waals surface area contributed by atoms with Crippen molar-refractivity contribution in [1.82, 2.24) is 15.0 Å². The van der Waals surface area contributed by atoms with Gasteiger partial charge >= 0.3 is 5.97 Å². The first-order valence-corrected chi connectivity index (χ1v) is 16.6. The lowest BCUT2D eigenvalue weighted by Crippen LogP contribution is -2.10. The second-order valence-corrected chi connectivity index (χ2v) is 12.6. The van der Waals surface area contributed by atoms with Gasteiger partial charge < -0.3 is 9.66 Å². The number of nitrogens with zero attached hydrogens (tertiary/aromatic N) is 3. The van der Waals surface area contributed by atoms with Crippen molar-refractivity contribution in [1.29, 1.82) is 0 Å². The van der Waals surface area contributed by atoms with E-state index in [9.17, 15) is 18.7 Å². The molecule has 7 nitrogen and oxygen atoms in total. The van der Waals surface area contributed by atoms with Crippen molar-refractivity contribution in [2.75, 3.05) is 0 Å². The van der Waals surface area contributed by atoms with Gasteiger partial charge in [-0.2, -0.15) is 0 Å². The predicted molar refractivity (Wildman–Crippen MR) is 171 cm³/mol. The summed E-state index contributed by atoms with van der Waals surface area (Å²) in [6.07, 6.45) is 8.13. The second kappa shape index (κ2) is 15.4. The summed E-state index contributed by atoms with van der Waals surface area (Å²) < 4.78 is 25.0. The molecule has 0 aliphatic heterocycles. The molecule has 3 aromatic carbocycles. The van der Waals surface area contributed by atoms with Crippen LogP contribution in [0.3, 0.4) is 0 Å². The summed E-state index contributed by atoms with van der Waals surface area (Å²) in [5.74, 6) is -0.497. The van der Waals surface area contributed by atoms with Crippen LogP contribution in [0.15, 0.2) is 59.5 Å². The molecule has 0 bridgehead atoms. The topological polar surface area (TPSA) is 108 Å². The lowest BCUT2D eigenvalue weighted by atomic mass is 9.84. The van der Waals surface area contributed by atoms with Crippen molar-refractivity contribution >= 4 is 28.1 Å². The molecule has 230 valence electrons. The molecule has 3 atom stereocenters. The first-order chi connectivity index (χ1) is 20.7. The molecule has 0 aliphatic rings. The van der Waals surface area contributed by atoms with Gasteiger partial charge in [-0.3, -0.25) is 9.00 Å². The molecule has 1 aromatic heterocycles. The third-order valence-electron chi connectivity index (χ3n) is 8.93. The average molecular weight is 603 g/mol. The minimum atomic E-state index is -2.20. The number of hydrogen-bond donors (Lipinski definition) is 1. The van der Waals surface area contributed by atoms with Gasteiger partial charge in [0.2, 0.25) is 0 Å². The number of aryl methyl sites for hydroxylation is 5. The van der Waals surface area contributed by atoms with Crippen LogP contribution >= 0.6 is 0 Å². The number of carboxylic acid groups (broad SMARTS) is 1. The highest BCUT2D eigenvalue weighted by molar-refractivity contribution is 7.79. The highest BCUT2D eigenvalue weighted by Crippen LogP contribution is 2.34. The molecule has 0 amide bonds. The molecule has 1 N–H and O–H groups in total. The van der Waals surface area contributed by atoms with Crippen molar-refractivity contribution < 1.29 is 18.7 Å². The smallest absolute Gasteiger partial charge is 0.304 e. The summed E-state index contributed by atoms with van der Waals surface area (Å²) in [6.45, 7) is 9.24. The minimum absolute atomic E-state index is 0.0239. The minimum Gasteiger partial charge on any atom is -0.768 e. The van der Waals surface area contributed by atoms with Crippen LogP contribution in [-0.2, 0) is 35.3 Å². The van der Waals surface area contributed by atoms with E-state index in [1.54, 1.807) is 12.1 Å². The summed E-state index contributed by atoms with van der Waals surface area (Å²) in [4.78, 5) is 12.3. The molecule has 0 fully saturated rings. The maximum atomic E-state index is 11.9. The van der Waals surface area contributed by atoms with E-state index in [1.807, 2.05) is 29.8 Å². The van der Waals surface area contributed by atoms with E-state index in [0.29, 0.717) is 10.8 Å². The average Bonchev–Trinajstić information content (AvgIpc) is 3.41. The second-order valence-electron chi connectivity index (χ2n) is 11.7. The molecule has 8 heteroatoms. The van der Waals surface area contributed by atoms with Crippen LogP contribution in [0.2, 0.25) is 0 Å². The van der Waals surface area contributed by atoms with Crippen molar-refractivity contribution in [2.24, 2.45) is 5.92 Å². The highest BCUT2D eigenvalue weighted by atomic mass is 32.2. The van der Waals surface area contributed by atoms with Crippen LogP contribution in [0.4, 0.5) is 0 Å². The van der Waals surface area contributed by atoms with Crippen molar-refractivity contribution in [3.8, 4) is 0 Å². The van der Waals surface area contributed by atoms with E-state index in [1.165, 1.54) is 11.1 Å². The molecule has 3 unspecified atom stereocenters. The zero-order valence-corrected chi connectivity index (χ0v) is 26.7. The molecule has 0 saturated heterocycles. The number of aliphatic carboxylic acids is 1. The van der Waals surface area contributed by atoms with E-state index in [0.717, 1.165) is 91.2 Å². The maximum Gasteiger partial charge on any atom is 0.304 e. The predicted octanol–water partition coefficient (Wildman–Crippen LogP) is 7.67. The Balaban J connectivity index is 1.37. The third kappa shape index (κ3) is 8.18. The molecule has 4 aromatic rings. The zero-order chi connectivity index (χ0) is 30.9. The summed E-state index contributed by atoms with van der Waals surface area (Å²) >= 11 is -2.20. The Bertz CT molecular complexity index is 1560. The molecular weight excluding hydrogens is 558 g/mol. The van der Waals surface area contributed by atoms with Crippen molar-refractivity contribution in [3.63, 3.8) is 0 Å². The van der Waals surface area contributed by atoms with Gasteiger partial charge in [0.1, 0.15) is 5.52 Å². The summed E-state index contributed by atoms with van der Waals surface area (Å²) in [5.41, 5.74) is 8.19. The molecule has 4 rings (SSSR count). The summed E-state index contributed by atoms with van der Waals surface area (Å²) in [6, 6.07) is 17.7. The zero-order valence-electron chi connectivity index (χ0n) is 25.8. The van der Waals surface area contributed by atoms with Crippen molar-refractivity contribution in [2.45, 2.75) is 103 Å². The maximum absolute atomic E-state index is 11.9. The number of carboxylic acids is 1. The van der Waals surface area contributed by atoms with Crippen LogP contribution in [0, 0.1) is 19.8 Å². The Morgan fingerprint density at radius 2 is 1.79 bits per heavy atom. The SMILES string of the molecule is CCc1cc(C(CC(=O)O)c2ccc3c(nnn3CCCCCC(CC)CCc3ccccc3S(=O)[O-])c2C)ccc1C. The summed E-state index contributed by atoms with van der Waals surface area (Å²) in [5, 5.41) is 18.7. The lowest BCUT2D eigenvalue weighted by Gasteiger charge is -2.20. The fourth-order valence-corrected chi connectivity index (χ4v) is 6.83. The van der Waals surface area contributed by atoms with Crippen molar-refractivity contribution in [3.05, 3.63) is 88.0 Å². The number of rotatable bonds is 16. The van der Waals surface area contributed by atoms with Crippen LogP contribution in [0.1, 0.15) is 98.1 Å². The molecule has 0 aliphatic carbocycles. The van der Waals surface area contributed by atoms with E-state index in [2.05, 4.69) is 55.3 Å². The normalized spacial score (nSPS) is 13.7. The quantitative estimate of drug-likeness (QED) is 0.104. The number of carbonyl (C=O) groups is 1. The fraction of sp³-hybridized carbons (Fsp3) is 0.457. The lowest BCUT2D eigenvalue weighted by molar-refractivity contribution is -0.137. The van der Waals surface area contributed by atoms with Gasteiger partial charge in [0.15, 0.2) is 0 Å². The molecule has 0 spiro atoms. The van der Waals surface area contributed by atoms with Gasteiger partial charge in [0.25, 0.3) is 0 Å². The van der Waals surface area contributed by atoms with Gasteiger partial charge in [0.05, 0.1) is 11.9 Å². The van der Waals surface area contributed by atoms with E-state index in [4.69, 9.17) is 0 Å². The Morgan fingerprint density at radius 3 is 2.51 bits per heavy atom. The third-order valence-corrected chi connectivity index (χ3v) is 9.68. The first-order valence-electron chi connectivity index (χ1n) is 15.5. The number of fused-ring (bicyclic) bond motifs is 1. The van der Waals surface area contributed by atoms with E-state index in [-0.39, 0.29) is 12.3 Å². The monoisotopic (exact) mass is 602 g/mol. The van der Waals surface area contributed by atoms with Gasteiger partial charge in [-0.15, -0.1) is 5.10 Å². The standard InChI is InChI=1S/C35H45N3O4S/c1-5-26(16-18-28-13-9-10-14-33(28)43(41)42)12-8-7-11-21-38-32-20-19-30(25(4)35(32)36-37-38)31(23-34(39)40)29-17-15-24(3)27(6-2)22-29/h9-10,13-15,17,19-20,22,26,31H,5-8,11-12,16,18,21,23H2,1-4H3,(H,39,40)(H,41,42)/p-1. The summed E-state index contributed by atoms with van der Waals surface area (Å²) in [7, 11) is 0. The van der Waals surface area contributed by atoms with Crippen LogP contribution in [0.25, 0.3) is 11.0 Å². The number of unbranched alkanes of at least 4 members (excludes halogenated alkanes) is 2.